The van der Waals surface area contributed by atoms with Gasteiger partial charge >= 0.3 is 0 Å². The maximum Gasteiger partial charge on any atom is 0.184 e. The van der Waals surface area contributed by atoms with Gasteiger partial charge in [-0.3, -0.25) is 0 Å². The standard InChI is InChI=1S/C22H26O6/c1-24-22-17(12-23)19(25-13-15-8-4-2-5-9-15)20-18(27-22)14-26-21(28-20)16-10-6-3-7-11-16/h2-11,17-23H,12-14H2,1H3/t17-,18+,19+,20+,21?,22-/m0/s1. The fourth-order valence-electron chi connectivity index (χ4n) is 3.81. The highest BCUT2D eigenvalue weighted by Gasteiger charge is 2.50. The summed E-state index contributed by atoms with van der Waals surface area (Å²) in [6.07, 6.45) is -2.15. The molecule has 2 heterocycles. The number of ether oxygens (including phenoxy) is 5. The van der Waals surface area contributed by atoms with Gasteiger partial charge in [-0.2, -0.15) is 0 Å². The molecule has 6 atom stereocenters. The Balaban J connectivity index is 1.54. The minimum atomic E-state index is -0.576. The summed E-state index contributed by atoms with van der Waals surface area (Å²) in [5.41, 5.74) is 2.00. The number of hydrogen-bond acceptors (Lipinski definition) is 6. The smallest absolute Gasteiger partial charge is 0.184 e. The van der Waals surface area contributed by atoms with Crippen LogP contribution in [0.2, 0.25) is 0 Å². The molecule has 0 aromatic heterocycles. The Bertz CT molecular complexity index is 724. The average molecular weight is 386 g/mol. The first-order valence-electron chi connectivity index (χ1n) is 9.57. The van der Waals surface area contributed by atoms with Gasteiger partial charge in [0, 0.05) is 12.7 Å². The summed E-state index contributed by atoms with van der Waals surface area (Å²) in [6.45, 7) is 0.663. The topological polar surface area (TPSA) is 66.4 Å². The molecule has 2 aliphatic rings. The van der Waals surface area contributed by atoms with Crippen LogP contribution in [-0.4, -0.2) is 50.0 Å². The molecular formula is C22H26O6. The normalized spacial score (nSPS) is 32.6. The van der Waals surface area contributed by atoms with Crippen molar-refractivity contribution in [2.75, 3.05) is 20.3 Å². The summed E-state index contributed by atoms with van der Waals surface area (Å²) < 4.78 is 29.9. The molecule has 6 heteroatoms. The molecule has 0 spiro atoms. The van der Waals surface area contributed by atoms with Crippen molar-refractivity contribution in [3.8, 4) is 0 Å². The largest absolute Gasteiger partial charge is 0.396 e. The van der Waals surface area contributed by atoms with Crippen LogP contribution in [0.3, 0.4) is 0 Å². The lowest BCUT2D eigenvalue weighted by atomic mass is 9.90. The van der Waals surface area contributed by atoms with Crippen LogP contribution in [0.5, 0.6) is 0 Å². The Morgan fingerprint density at radius 1 is 1.00 bits per heavy atom. The zero-order valence-electron chi connectivity index (χ0n) is 15.8. The third-order valence-corrected chi connectivity index (χ3v) is 5.26. The molecule has 28 heavy (non-hydrogen) atoms. The van der Waals surface area contributed by atoms with Crippen LogP contribution in [-0.2, 0) is 30.3 Å². The third-order valence-electron chi connectivity index (χ3n) is 5.26. The fourth-order valence-corrected chi connectivity index (χ4v) is 3.81. The summed E-state index contributed by atoms with van der Waals surface area (Å²) >= 11 is 0. The van der Waals surface area contributed by atoms with Gasteiger partial charge in [0.25, 0.3) is 0 Å². The van der Waals surface area contributed by atoms with Crippen molar-refractivity contribution in [2.45, 2.75) is 37.5 Å². The highest BCUT2D eigenvalue weighted by molar-refractivity contribution is 5.17. The van der Waals surface area contributed by atoms with E-state index < -0.39 is 12.6 Å². The summed E-state index contributed by atoms with van der Waals surface area (Å²) in [7, 11) is 1.57. The van der Waals surface area contributed by atoms with E-state index in [4.69, 9.17) is 23.7 Å². The number of benzene rings is 2. The molecule has 6 nitrogen and oxygen atoms in total. The van der Waals surface area contributed by atoms with Gasteiger partial charge in [-0.1, -0.05) is 60.7 Å². The first-order chi connectivity index (χ1) is 13.8. The molecule has 1 N–H and O–H groups in total. The van der Waals surface area contributed by atoms with Crippen LogP contribution in [0.4, 0.5) is 0 Å². The Morgan fingerprint density at radius 2 is 1.71 bits per heavy atom. The summed E-state index contributed by atoms with van der Waals surface area (Å²) in [5, 5.41) is 10.0. The molecule has 0 bridgehead atoms. The number of rotatable bonds is 6. The molecular weight excluding hydrogens is 360 g/mol. The molecule has 4 rings (SSSR count). The van der Waals surface area contributed by atoms with Crippen LogP contribution in [0, 0.1) is 5.92 Å². The van der Waals surface area contributed by atoms with E-state index >= 15 is 0 Å². The van der Waals surface area contributed by atoms with Crippen molar-refractivity contribution < 1.29 is 28.8 Å². The predicted octanol–water partition coefficient (Wildman–Crippen LogP) is 2.67. The Hall–Kier alpha value is -1.80. The zero-order chi connectivity index (χ0) is 19.3. The van der Waals surface area contributed by atoms with E-state index in [1.165, 1.54) is 0 Å². The summed E-state index contributed by atoms with van der Waals surface area (Å²) in [6, 6.07) is 19.7. The predicted molar refractivity (Wildman–Crippen MR) is 101 cm³/mol. The molecule has 2 fully saturated rings. The Labute approximate surface area is 164 Å². The third kappa shape index (κ3) is 4.12. The maximum atomic E-state index is 10.0. The lowest BCUT2D eigenvalue weighted by Crippen LogP contribution is -2.61. The van der Waals surface area contributed by atoms with E-state index in [-0.39, 0.29) is 30.8 Å². The molecule has 2 saturated heterocycles. The molecule has 0 radical (unpaired) electrons. The number of hydrogen-bond donors (Lipinski definition) is 1. The van der Waals surface area contributed by atoms with E-state index in [1.807, 2.05) is 60.7 Å². The average Bonchev–Trinajstić information content (AvgIpc) is 2.77. The number of fused-ring (bicyclic) bond motifs is 1. The first-order valence-corrected chi connectivity index (χ1v) is 9.57. The van der Waals surface area contributed by atoms with Gasteiger partial charge in [0.2, 0.25) is 0 Å². The van der Waals surface area contributed by atoms with Gasteiger partial charge in [-0.05, 0) is 5.56 Å². The SMILES string of the molecule is CO[C@H]1O[C@@H]2COC(c3ccccc3)O[C@H]2[C@H](OCc2ccccc2)[C@@H]1CO. The minimum Gasteiger partial charge on any atom is -0.396 e. The highest BCUT2D eigenvalue weighted by atomic mass is 16.7. The van der Waals surface area contributed by atoms with E-state index in [9.17, 15) is 5.11 Å². The molecule has 2 aromatic rings. The van der Waals surface area contributed by atoms with Gasteiger partial charge in [0.05, 0.1) is 31.8 Å². The monoisotopic (exact) mass is 386 g/mol. The van der Waals surface area contributed by atoms with Crippen LogP contribution in [0.25, 0.3) is 0 Å². The van der Waals surface area contributed by atoms with E-state index in [0.717, 1.165) is 11.1 Å². The molecule has 1 unspecified atom stereocenters. The van der Waals surface area contributed by atoms with E-state index in [2.05, 4.69) is 0 Å². The van der Waals surface area contributed by atoms with Crippen LogP contribution < -0.4 is 0 Å². The fraction of sp³-hybridized carbons (Fsp3) is 0.455. The van der Waals surface area contributed by atoms with Gasteiger partial charge in [0.15, 0.2) is 12.6 Å². The van der Waals surface area contributed by atoms with Gasteiger partial charge < -0.3 is 28.8 Å². The number of aliphatic hydroxyl groups excluding tert-OH is 1. The Kier molecular flexibility index (Phi) is 6.36. The van der Waals surface area contributed by atoms with Crippen LogP contribution in [0.15, 0.2) is 60.7 Å². The molecule has 0 saturated carbocycles. The molecule has 2 aromatic carbocycles. The second-order valence-corrected chi connectivity index (χ2v) is 7.06. The molecule has 0 aliphatic carbocycles. The second kappa shape index (κ2) is 9.13. The lowest BCUT2D eigenvalue weighted by molar-refractivity contribution is -0.358. The van der Waals surface area contributed by atoms with Crippen molar-refractivity contribution in [3.63, 3.8) is 0 Å². The summed E-state index contributed by atoms with van der Waals surface area (Å²) in [5.74, 6) is -0.357. The lowest BCUT2D eigenvalue weighted by Gasteiger charge is -2.48. The number of methoxy groups -OCH3 is 1. The van der Waals surface area contributed by atoms with Crippen molar-refractivity contribution in [3.05, 3.63) is 71.8 Å². The molecule has 2 aliphatic heterocycles. The molecule has 150 valence electrons. The van der Waals surface area contributed by atoms with Crippen molar-refractivity contribution in [1.82, 2.24) is 0 Å². The number of aliphatic hydroxyl groups is 1. The van der Waals surface area contributed by atoms with E-state index in [0.29, 0.717) is 13.2 Å². The quantitative estimate of drug-likeness (QED) is 0.823. The van der Waals surface area contributed by atoms with Gasteiger partial charge in [-0.15, -0.1) is 0 Å². The minimum absolute atomic E-state index is 0.124. The molecule has 0 amide bonds. The highest BCUT2D eigenvalue weighted by Crippen LogP contribution is 2.38. The van der Waals surface area contributed by atoms with E-state index in [1.54, 1.807) is 7.11 Å². The van der Waals surface area contributed by atoms with Crippen LogP contribution in [0.1, 0.15) is 17.4 Å². The van der Waals surface area contributed by atoms with Gasteiger partial charge in [0.1, 0.15) is 12.2 Å². The first kappa shape index (κ1) is 19.5. The second-order valence-electron chi connectivity index (χ2n) is 7.06. The summed E-state index contributed by atoms with van der Waals surface area (Å²) in [4.78, 5) is 0. The zero-order valence-corrected chi connectivity index (χ0v) is 15.8. The van der Waals surface area contributed by atoms with Crippen molar-refractivity contribution in [1.29, 1.82) is 0 Å². The van der Waals surface area contributed by atoms with Crippen molar-refractivity contribution in [2.24, 2.45) is 5.92 Å². The Morgan fingerprint density at radius 3 is 2.39 bits per heavy atom. The van der Waals surface area contributed by atoms with Crippen molar-refractivity contribution >= 4 is 0 Å². The maximum absolute atomic E-state index is 10.0. The van der Waals surface area contributed by atoms with Crippen LogP contribution >= 0.6 is 0 Å². The van der Waals surface area contributed by atoms with Gasteiger partial charge in [-0.25, -0.2) is 0 Å².